The van der Waals surface area contributed by atoms with Gasteiger partial charge in [0.1, 0.15) is 24.2 Å². The van der Waals surface area contributed by atoms with Gasteiger partial charge in [-0.1, -0.05) is 36.4 Å². The van der Waals surface area contributed by atoms with E-state index in [1.165, 1.54) is 11.1 Å². The van der Waals surface area contributed by atoms with Crippen LogP contribution in [-0.2, 0) is 28.7 Å². The summed E-state index contributed by atoms with van der Waals surface area (Å²) in [7, 11) is 0. The van der Waals surface area contributed by atoms with Crippen molar-refractivity contribution in [2.24, 2.45) is 0 Å². The van der Waals surface area contributed by atoms with Crippen molar-refractivity contribution >= 4 is 0 Å². The molecule has 152 valence electrons. The van der Waals surface area contributed by atoms with E-state index in [4.69, 9.17) is 18.9 Å². The molecule has 29 heavy (non-hydrogen) atoms. The Morgan fingerprint density at radius 1 is 0.931 bits per heavy atom. The van der Waals surface area contributed by atoms with Crippen molar-refractivity contribution in [1.29, 1.82) is 0 Å². The number of allylic oxidation sites excluding steroid dienone is 2. The third-order valence-electron chi connectivity index (χ3n) is 5.13. The second kappa shape index (κ2) is 9.29. The van der Waals surface area contributed by atoms with E-state index in [1.807, 2.05) is 18.2 Å². The molecule has 0 N–H and O–H groups in total. The van der Waals surface area contributed by atoms with E-state index < -0.39 is 0 Å². The zero-order valence-electron chi connectivity index (χ0n) is 16.8. The Labute approximate surface area is 172 Å². The molecule has 0 radical (unpaired) electrons. The minimum absolute atomic E-state index is 0.112. The average Bonchev–Trinajstić information content (AvgIpc) is 3.50. The molecule has 4 nitrogen and oxygen atoms in total. The summed E-state index contributed by atoms with van der Waals surface area (Å²) in [5, 5.41) is 0. The molecule has 0 saturated carbocycles. The normalized spacial score (nSPS) is 19.9. The maximum Gasteiger partial charge on any atom is 0.202 e. The lowest BCUT2D eigenvalue weighted by molar-refractivity contribution is -0.165. The number of epoxide rings is 1. The topological polar surface area (TPSA) is 40.2 Å². The molecule has 0 bridgehead atoms. The molecule has 2 heterocycles. The number of hydrogen-bond donors (Lipinski definition) is 0. The first kappa shape index (κ1) is 19.7. The van der Waals surface area contributed by atoms with Crippen LogP contribution in [0.3, 0.4) is 0 Å². The van der Waals surface area contributed by atoms with Crippen LogP contribution >= 0.6 is 0 Å². The van der Waals surface area contributed by atoms with E-state index in [-0.39, 0.29) is 12.4 Å². The number of rotatable bonds is 11. The van der Waals surface area contributed by atoms with Crippen LogP contribution in [0, 0.1) is 0 Å². The van der Waals surface area contributed by atoms with Gasteiger partial charge in [0.15, 0.2) is 0 Å². The predicted molar refractivity (Wildman–Crippen MR) is 114 cm³/mol. The van der Waals surface area contributed by atoms with Crippen LogP contribution in [-0.4, -0.2) is 32.2 Å². The first-order valence-electron chi connectivity index (χ1n) is 10.2. The summed E-state index contributed by atoms with van der Waals surface area (Å²) in [5.41, 5.74) is 4.79. The lowest BCUT2D eigenvalue weighted by atomic mass is 9.98. The Morgan fingerprint density at radius 2 is 1.55 bits per heavy atom. The van der Waals surface area contributed by atoms with Crippen molar-refractivity contribution in [2.75, 3.05) is 19.8 Å². The molecule has 2 aliphatic rings. The van der Waals surface area contributed by atoms with Crippen molar-refractivity contribution in [2.45, 2.75) is 38.1 Å². The monoisotopic (exact) mass is 392 g/mol. The van der Waals surface area contributed by atoms with Gasteiger partial charge < -0.3 is 18.9 Å². The minimum atomic E-state index is -0.112. The lowest BCUT2D eigenvalue weighted by Gasteiger charge is -2.28. The molecule has 4 heteroatoms. The van der Waals surface area contributed by atoms with Gasteiger partial charge in [-0.3, -0.25) is 0 Å². The van der Waals surface area contributed by atoms with Gasteiger partial charge in [-0.2, -0.15) is 0 Å². The van der Waals surface area contributed by atoms with Gasteiger partial charge in [-0.15, -0.1) is 13.2 Å². The van der Waals surface area contributed by atoms with Crippen molar-refractivity contribution in [3.8, 4) is 11.5 Å². The molecule has 2 atom stereocenters. The van der Waals surface area contributed by atoms with E-state index in [1.54, 1.807) is 0 Å². The molecule has 4 rings (SSSR count). The van der Waals surface area contributed by atoms with Crippen LogP contribution in [0.2, 0.25) is 0 Å². The van der Waals surface area contributed by atoms with Crippen LogP contribution in [0.15, 0.2) is 61.7 Å². The summed E-state index contributed by atoms with van der Waals surface area (Å²) in [4.78, 5) is 0. The molecule has 0 spiro atoms. The second-order valence-corrected chi connectivity index (χ2v) is 7.52. The van der Waals surface area contributed by atoms with Gasteiger partial charge in [0, 0.05) is 6.42 Å². The maximum absolute atomic E-state index is 5.95. The van der Waals surface area contributed by atoms with Gasteiger partial charge in [0.05, 0.1) is 13.2 Å². The molecule has 0 amide bonds. The van der Waals surface area contributed by atoms with Crippen LogP contribution in [0.1, 0.15) is 28.7 Å². The lowest BCUT2D eigenvalue weighted by Crippen LogP contribution is -2.32. The molecule has 2 aromatic carbocycles. The van der Waals surface area contributed by atoms with E-state index >= 15 is 0 Å². The molecule has 2 fully saturated rings. The predicted octanol–water partition coefficient (Wildman–Crippen LogP) is 4.64. The standard InChI is InChI=1S/C25H28O4/c1-3-5-20-14-18(7-9-23(20)28-17-22-16-27-22)13-19-8-10-24(21(15-19)6-4-2)29-25-11-12-26-25/h3-4,7-10,14-15,22,25H,1-2,5-6,11-13,16-17H2. The van der Waals surface area contributed by atoms with Gasteiger partial charge >= 0.3 is 0 Å². The van der Waals surface area contributed by atoms with Gasteiger partial charge in [0.2, 0.25) is 6.29 Å². The van der Waals surface area contributed by atoms with Crippen molar-refractivity contribution in [3.63, 3.8) is 0 Å². The molecule has 2 aromatic rings. The molecule has 2 unspecified atom stereocenters. The van der Waals surface area contributed by atoms with Gasteiger partial charge in [-0.05, 0) is 53.6 Å². The fourth-order valence-corrected chi connectivity index (χ4v) is 3.40. The molecular formula is C25H28O4. The maximum atomic E-state index is 5.95. The molecular weight excluding hydrogens is 364 g/mol. The molecule has 0 aliphatic carbocycles. The fraction of sp³-hybridized carbons (Fsp3) is 0.360. The Bertz CT molecular complexity index is 865. The van der Waals surface area contributed by atoms with Crippen LogP contribution in [0.25, 0.3) is 0 Å². The Morgan fingerprint density at radius 3 is 2.10 bits per heavy atom. The van der Waals surface area contributed by atoms with E-state index in [9.17, 15) is 0 Å². The van der Waals surface area contributed by atoms with Gasteiger partial charge in [-0.25, -0.2) is 0 Å². The Balaban J connectivity index is 1.49. The molecule has 2 saturated heterocycles. The van der Waals surface area contributed by atoms with Gasteiger partial charge in [0.25, 0.3) is 0 Å². The highest BCUT2D eigenvalue weighted by molar-refractivity contribution is 5.43. The Hall–Kier alpha value is -2.56. The van der Waals surface area contributed by atoms with Crippen LogP contribution < -0.4 is 9.47 Å². The third-order valence-corrected chi connectivity index (χ3v) is 5.13. The summed E-state index contributed by atoms with van der Waals surface area (Å²) in [5.74, 6) is 1.80. The quantitative estimate of drug-likeness (QED) is 0.413. The molecule has 2 aliphatic heterocycles. The third kappa shape index (κ3) is 5.28. The number of hydrogen-bond acceptors (Lipinski definition) is 4. The number of ether oxygens (including phenoxy) is 4. The summed E-state index contributed by atoms with van der Waals surface area (Å²) >= 11 is 0. The van der Waals surface area contributed by atoms with Crippen molar-refractivity contribution < 1.29 is 18.9 Å². The number of benzene rings is 2. The summed E-state index contributed by atoms with van der Waals surface area (Å²) < 4.78 is 22.5. The van der Waals surface area contributed by atoms with E-state index in [0.29, 0.717) is 6.61 Å². The van der Waals surface area contributed by atoms with Crippen LogP contribution in [0.4, 0.5) is 0 Å². The Kier molecular flexibility index (Phi) is 6.33. The highest BCUT2D eigenvalue weighted by Crippen LogP contribution is 2.28. The minimum Gasteiger partial charge on any atom is -0.490 e. The SMILES string of the molecule is C=CCc1cc(Cc2ccc(OC3CCO3)c(CC=C)c2)ccc1OCC1CO1. The summed E-state index contributed by atoms with van der Waals surface area (Å²) in [6.07, 6.45) is 7.31. The molecule has 0 aromatic heterocycles. The smallest absolute Gasteiger partial charge is 0.202 e. The van der Waals surface area contributed by atoms with Crippen molar-refractivity contribution in [1.82, 2.24) is 0 Å². The zero-order chi connectivity index (χ0) is 20.1. The van der Waals surface area contributed by atoms with E-state index in [0.717, 1.165) is 61.5 Å². The highest BCUT2D eigenvalue weighted by Gasteiger charge is 2.23. The first-order chi connectivity index (χ1) is 14.2. The fourth-order valence-electron chi connectivity index (χ4n) is 3.40. The van der Waals surface area contributed by atoms with Crippen LogP contribution in [0.5, 0.6) is 11.5 Å². The first-order valence-corrected chi connectivity index (χ1v) is 10.2. The largest absolute Gasteiger partial charge is 0.490 e. The average molecular weight is 392 g/mol. The highest BCUT2D eigenvalue weighted by atomic mass is 16.7. The summed E-state index contributed by atoms with van der Waals surface area (Å²) in [6, 6.07) is 12.8. The summed E-state index contributed by atoms with van der Waals surface area (Å²) in [6.45, 7) is 9.95. The zero-order valence-corrected chi connectivity index (χ0v) is 16.8. The van der Waals surface area contributed by atoms with E-state index in [2.05, 4.69) is 43.5 Å². The van der Waals surface area contributed by atoms with Crippen molar-refractivity contribution in [3.05, 3.63) is 84.0 Å². The second-order valence-electron chi connectivity index (χ2n) is 7.52.